The second kappa shape index (κ2) is 6.01. The van der Waals surface area contributed by atoms with E-state index in [1.165, 1.54) is 0 Å². The van der Waals surface area contributed by atoms with Gasteiger partial charge in [-0.25, -0.2) is 0 Å². The van der Waals surface area contributed by atoms with Gasteiger partial charge in [-0.15, -0.1) is 0 Å². The number of fused-ring (bicyclic) bond motifs is 1. The van der Waals surface area contributed by atoms with Gasteiger partial charge in [0.05, 0.1) is 7.11 Å². The molecule has 0 bridgehead atoms. The summed E-state index contributed by atoms with van der Waals surface area (Å²) >= 11 is 5.41. The third kappa shape index (κ3) is 3.08. The molecular formula is C16H15NO3S. The summed E-state index contributed by atoms with van der Waals surface area (Å²) in [7, 11) is 1.66. The molecular weight excluding hydrogens is 286 g/mol. The Bertz CT molecular complexity index is 672. The summed E-state index contributed by atoms with van der Waals surface area (Å²) in [6, 6.07) is 13.6. The fourth-order valence-corrected chi connectivity index (χ4v) is 2.30. The predicted octanol–water partition coefficient (Wildman–Crippen LogP) is 2.89. The zero-order valence-electron chi connectivity index (χ0n) is 11.6. The molecule has 4 nitrogen and oxygen atoms in total. The van der Waals surface area contributed by atoms with Crippen LogP contribution in [-0.2, 0) is 6.54 Å². The van der Waals surface area contributed by atoms with Gasteiger partial charge in [0.25, 0.3) is 0 Å². The molecule has 3 rings (SSSR count). The summed E-state index contributed by atoms with van der Waals surface area (Å²) in [5.74, 6) is 2.33. The average molecular weight is 301 g/mol. The zero-order valence-corrected chi connectivity index (χ0v) is 12.4. The van der Waals surface area contributed by atoms with Crippen molar-refractivity contribution in [3.8, 4) is 17.2 Å². The van der Waals surface area contributed by atoms with Gasteiger partial charge in [-0.2, -0.15) is 0 Å². The molecule has 108 valence electrons. The van der Waals surface area contributed by atoms with Gasteiger partial charge in [-0.05, 0) is 35.9 Å². The van der Waals surface area contributed by atoms with Crippen molar-refractivity contribution in [2.45, 2.75) is 6.54 Å². The lowest BCUT2D eigenvalue weighted by Gasteiger charge is -2.09. The van der Waals surface area contributed by atoms with Crippen molar-refractivity contribution >= 4 is 17.2 Å². The van der Waals surface area contributed by atoms with Crippen LogP contribution in [0.3, 0.4) is 0 Å². The molecule has 1 aliphatic heterocycles. The lowest BCUT2D eigenvalue weighted by Crippen LogP contribution is -2.21. The van der Waals surface area contributed by atoms with Crippen LogP contribution in [0, 0.1) is 0 Å². The SMILES string of the molecule is COc1cccc(CNC(=S)c2ccc3c(c2)OCO3)c1. The van der Waals surface area contributed by atoms with Gasteiger partial charge >= 0.3 is 0 Å². The van der Waals surface area contributed by atoms with E-state index < -0.39 is 0 Å². The molecule has 0 spiro atoms. The molecule has 0 saturated heterocycles. The number of hydrogen-bond donors (Lipinski definition) is 1. The fourth-order valence-electron chi connectivity index (χ4n) is 2.10. The van der Waals surface area contributed by atoms with Gasteiger partial charge in [-0.1, -0.05) is 24.4 Å². The molecule has 0 aromatic heterocycles. The Labute approximate surface area is 128 Å². The van der Waals surface area contributed by atoms with E-state index in [4.69, 9.17) is 26.4 Å². The first-order chi connectivity index (χ1) is 10.3. The molecule has 2 aromatic rings. The maximum Gasteiger partial charge on any atom is 0.231 e. The monoisotopic (exact) mass is 301 g/mol. The van der Waals surface area contributed by atoms with Crippen molar-refractivity contribution in [1.82, 2.24) is 5.32 Å². The van der Waals surface area contributed by atoms with Crippen molar-refractivity contribution in [2.75, 3.05) is 13.9 Å². The van der Waals surface area contributed by atoms with Gasteiger partial charge < -0.3 is 19.5 Å². The van der Waals surface area contributed by atoms with E-state index in [1.54, 1.807) is 7.11 Å². The first-order valence-corrected chi connectivity index (χ1v) is 6.98. The highest BCUT2D eigenvalue weighted by Gasteiger charge is 2.14. The maximum absolute atomic E-state index is 5.41. The van der Waals surface area contributed by atoms with Crippen LogP contribution in [0.1, 0.15) is 11.1 Å². The number of rotatable bonds is 4. The number of thiocarbonyl (C=S) groups is 1. The van der Waals surface area contributed by atoms with Crippen molar-refractivity contribution in [3.63, 3.8) is 0 Å². The van der Waals surface area contributed by atoms with Gasteiger partial charge in [0.2, 0.25) is 6.79 Å². The Morgan fingerprint density at radius 2 is 2.05 bits per heavy atom. The van der Waals surface area contributed by atoms with Crippen molar-refractivity contribution in [2.24, 2.45) is 0 Å². The molecule has 0 atom stereocenters. The van der Waals surface area contributed by atoms with E-state index in [-0.39, 0.29) is 6.79 Å². The van der Waals surface area contributed by atoms with Gasteiger partial charge in [-0.3, -0.25) is 0 Å². The minimum absolute atomic E-state index is 0.267. The summed E-state index contributed by atoms with van der Waals surface area (Å²) in [5, 5.41) is 3.24. The van der Waals surface area contributed by atoms with Crippen molar-refractivity contribution in [3.05, 3.63) is 53.6 Å². The molecule has 21 heavy (non-hydrogen) atoms. The van der Waals surface area contributed by atoms with Gasteiger partial charge in [0.15, 0.2) is 11.5 Å². The molecule has 0 radical (unpaired) electrons. The molecule has 0 aliphatic carbocycles. The van der Waals surface area contributed by atoms with E-state index >= 15 is 0 Å². The number of ether oxygens (including phenoxy) is 3. The zero-order chi connectivity index (χ0) is 14.7. The Morgan fingerprint density at radius 1 is 1.19 bits per heavy atom. The fraction of sp³-hybridized carbons (Fsp3) is 0.188. The standard InChI is InChI=1S/C16H15NO3S/c1-18-13-4-2-3-11(7-13)9-17-16(21)12-5-6-14-15(8-12)20-10-19-14/h2-8H,9-10H2,1H3,(H,17,21). The van der Waals surface area contributed by atoms with Crippen LogP contribution in [0.4, 0.5) is 0 Å². The van der Waals surface area contributed by atoms with E-state index in [1.807, 2.05) is 42.5 Å². The highest BCUT2D eigenvalue weighted by molar-refractivity contribution is 7.80. The molecule has 1 N–H and O–H groups in total. The topological polar surface area (TPSA) is 39.7 Å². The van der Waals surface area contributed by atoms with E-state index in [9.17, 15) is 0 Å². The Kier molecular flexibility index (Phi) is 3.92. The summed E-state index contributed by atoms with van der Waals surface area (Å²) in [6.45, 7) is 0.910. The normalized spacial score (nSPS) is 12.0. The smallest absolute Gasteiger partial charge is 0.231 e. The van der Waals surface area contributed by atoms with Crippen LogP contribution >= 0.6 is 12.2 Å². The number of nitrogens with one attached hydrogen (secondary N) is 1. The van der Waals surface area contributed by atoms with Crippen LogP contribution in [0.15, 0.2) is 42.5 Å². The summed E-state index contributed by atoms with van der Waals surface area (Å²) in [5.41, 5.74) is 2.02. The summed E-state index contributed by atoms with van der Waals surface area (Å²) in [4.78, 5) is 0.677. The average Bonchev–Trinajstić information content (AvgIpc) is 3.00. The quantitative estimate of drug-likeness (QED) is 0.879. The highest BCUT2D eigenvalue weighted by atomic mass is 32.1. The van der Waals surface area contributed by atoms with Crippen LogP contribution in [-0.4, -0.2) is 18.9 Å². The van der Waals surface area contributed by atoms with Gasteiger partial charge in [0.1, 0.15) is 10.7 Å². The van der Waals surface area contributed by atoms with E-state index in [2.05, 4.69) is 5.32 Å². The minimum atomic E-state index is 0.267. The second-order valence-electron chi connectivity index (χ2n) is 4.60. The lowest BCUT2D eigenvalue weighted by molar-refractivity contribution is 0.174. The van der Waals surface area contributed by atoms with E-state index in [0.717, 1.165) is 28.4 Å². The molecule has 1 heterocycles. The van der Waals surface area contributed by atoms with Crippen molar-refractivity contribution in [1.29, 1.82) is 0 Å². The third-order valence-corrected chi connectivity index (χ3v) is 3.60. The van der Waals surface area contributed by atoms with E-state index in [0.29, 0.717) is 11.5 Å². The van der Waals surface area contributed by atoms with Gasteiger partial charge in [0, 0.05) is 12.1 Å². The number of methoxy groups -OCH3 is 1. The first-order valence-electron chi connectivity index (χ1n) is 6.57. The van der Waals surface area contributed by atoms with Crippen LogP contribution in [0.25, 0.3) is 0 Å². The predicted molar refractivity (Wildman–Crippen MR) is 84.1 cm³/mol. The highest BCUT2D eigenvalue weighted by Crippen LogP contribution is 2.32. The molecule has 0 amide bonds. The largest absolute Gasteiger partial charge is 0.497 e. The molecule has 0 saturated carbocycles. The summed E-state index contributed by atoms with van der Waals surface area (Å²) in [6.07, 6.45) is 0. The minimum Gasteiger partial charge on any atom is -0.497 e. The summed E-state index contributed by atoms with van der Waals surface area (Å²) < 4.78 is 15.9. The second-order valence-corrected chi connectivity index (χ2v) is 5.01. The van der Waals surface area contributed by atoms with Crippen LogP contribution in [0.5, 0.6) is 17.2 Å². The Balaban J connectivity index is 1.66. The van der Waals surface area contributed by atoms with Crippen LogP contribution in [0.2, 0.25) is 0 Å². The first kappa shape index (κ1) is 13.7. The maximum atomic E-state index is 5.41. The molecule has 2 aromatic carbocycles. The number of hydrogen-bond acceptors (Lipinski definition) is 4. The Hall–Kier alpha value is -2.27. The molecule has 0 unspecified atom stereocenters. The van der Waals surface area contributed by atoms with Crippen molar-refractivity contribution < 1.29 is 14.2 Å². The third-order valence-electron chi connectivity index (χ3n) is 3.22. The molecule has 1 aliphatic rings. The van der Waals surface area contributed by atoms with Crippen LogP contribution < -0.4 is 19.5 Å². The number of benzene rings is 2. The lowest BCUT2D eigenvalue weighted by atomic mass is 10.2. The molecule has 5 heteroatoms. The Morgan fingerprint density at radius 3 is 2.90 bits per heavy atom. The molecule has 0 fully saturated rings.